The zero-order valence-electron chi connectivity index (χ0n) is 14.0. The van der Waals surface area contributed by atoms with E-state index in [0.717, 1.165) is 30.9 Å². The van der Waals surface area contributed by atoms with E-state index in [1.165, 1.54) is 11.1 Å². The monoisotopic (exact) mass is 354 g/mol. The summed E-state index contributed by atoms with van der Waals surface area (Å²) in [6, 6.07) is 20.3. The van der Waals surface area contributed by atoms with Gasteiger partial charge in [-0.05, 0) is 41.8 Å². The van der Waals surface area contributed by atoms with E-state index in [9.17, 15) is 0 Å². The largest absolute Gasteiger partial charge is 0.322 e. The summed E-state index contributed by atoms with van der Waals surface area (Å²) in [6.45, 7) is 1.59. The first-order chi connectivity index (χ1) is 11.8. The molecule has 3 N–H and O–H groups in total. The van der Waals surface area contributed by atoms with Crippen molar-refractivity contribution in [1.29, 1.82) is 0 Å². The van der Waals surface area contributed by atoms with Gasteiger partial charge in [-0.25, -0.2) is 0 Å². The maximum Gasteiger partial charge on any atom is 0.0574 e. The molecule has 0 fully saturated rings. The quantitative estimate of drug-likeness (QED) is 0.682. The van der Waals surface area contributed by atoms with Crippen LogP contribution in [0, 0.1) is 0 Å². The topological polar surface area (TPSA) is 63.8 Å². The minimum absolute atomic E-state index is 0. The van der Waals surface area contributed by atoms with Crippen LogP contribution < -0.4 is 11.1 Å². The van der Waals surface area contributed by atoms with E-state index >= 15 is 0 Å². The summed E-state index contributed by atoms with van der Waals surface area (Å²) < 4.78 is 0. The van der Waals surface area contributed by atoms with Gasteiger partial charge in [0.1, 0.15) is 0 Å². The molecule has 0 radical (unpaired) electrons. The Morgan fingerprint density at radius 3 is 2.12 bits per heavy atom. The number of pyridine rings is 2. The summed E-state index contributed by atoms with van der Waals surface area (Å²) in [4.78, 5) is 8.62. The first kappa shape index (κ1) is 19.1. The number of nitrogens with one attached hydrogen (secondary N) is 1. The van der Waals surface area contributed by atoms with E-state index in [2.05, 4.69) is 39.6 Å². The lowest BCUT2D eigenvalue weighted by molar-refractivity contribution is 0.677. The molecule has 2 heterocycles. The number of nitrogens with zero attached hydrogens (tertiary/aromatic N) is 2. The molecule has 0 aliphatic carbocycles. The Hall–Kier alpha value is -2.27. The highest BCUT2D eigenvalue weighted by Gasteiger charge is 2.07. The first-order valence-corrected chi connectivity index (χ1v) is 8.16. The van der Waals surface area contributed by atoms with Crippen LogP contribution in [0.4, 0.5) is 0 Å². The molecule has 4 nitrogen and oxygen atoms in total. The average Bonchev–Trinajstić information content (AvgIpc) is 2.65. The highest BCUT2D eigenvalue weighted by Crippen LogP contribution is 2.14. The first-order valence-electron chi connectivity index (χ1n) is 8.16. The van der Waals surface area contributed by atoms with Crippen molar-refractivity contribution in [3.8, 4) is 0 Å². The Balaban J connectivity index is 0.00000225. The van der Waals surface area contributed by atoms with Crippen LogP contribution in [0.2, 0.25) is 0 Å². The third kappa shape index (κ3) is 5.94. The van der Waals surface area contributed by atoms with Crippen LogP contribution >= 0.6 is 12.4 Å². The van der Waals surface area contributed by atoms with Crippen LogP contribution in [-0.2, 0) is 19.5 Å². The molecule has 1 aromatic carbocycles. The second-order valence-corrected chi connectivity index (χ2v) is 5.81. The number of halogens is 1. The molecule has 3 aromatic rings. The Kier molecular flexibility index (Phi) is 7.54. The van der Waals surface area contributed by atoms with Gasteiger partial charge in [0.15, 0.2) is 0 Å². The van der Waals surface area contributed by atoms with E-state index in [0.29, 0.717) is 0 Å². The van der Waals surface area contributed by atoms with Gasteiger partial charge in [0.25, 0.3) is 0 Å². The number of hydrogen-bond acceptors (Lipinski definition) is 4. The molecular formula is C20H23ClN4. The number of hydrogen-bond donors (Lipinski definition) is 2. The molecule has 0 saturated heterocycles. The Bertz CT molecular complexity index is 733. The Morgan fingerprint density at radius 1 is 0.800 bits per heavy atom. The molecule has 5 heteroatoms. The lowest BCUT2D eigenvalue weighted by Gasteiger charge is -2.11. The van der Waals surface area contributed by atoms with Gasteiger partial charge in [0, 0.05) is 25.5 Å². The van der Waals surface area contributed by atoms with Gasteiger partial charge in [-0.3, -0.25) is 9.97 Å². The summed E-state index contributed by atoms with van der Waals surface area (Å²) >= 11 is 0. The fraction of sp³-hybridized carbons (Fsp3) is 0.200. The lowest BCUT2D eigenvalue weighted by atomic mass is 10.0. The van der Waals surface area contributed by atoms with Crippen molar-refractivity contribution in [2.24, 2.45) is 5.73 Å². The maximum absolute atomic E-state index is 6.23. The van der Waals surface area contributed by atoms with Crippen molar-refractivity contribution in [2.75, 3.05) is 0 Å². The van der Waals surface area contributed by atoms with Crippen LogP contribution in [0.15, 0.2) is 73.1 Å². The molecule has 25 heavy (non-hydrogen) atoms. The molecule has 0 amide bonds. The minimum Gasteiger partial charge on any atom is -0.322 e. The van der Waals surface area contributed by atoms with E-state index < -0.39 is 0 Å². The minimum atomic E-state index is -0.0701. The lowest BCUT2D eigenvalue weighted by Crippen LogP contribution is -2.15. The fourth-order valence-corrected chi connectivity index (χ4v) is 2.58. The van der Waals surface area contributed by atoms with Gasteiger partial charge in [0.05, 0.1) is 17.4 Å². The van der Waals surface area contributed by atoms with Crippen molar-refractivity contribution < 1.29 is 0 Å². The Labute approximate surface area is 154 Å². The SMILES string of the molecule is Cl.NC(Cc1ccc(CNCc2ccccn2)cc1)c1ccccn1. The summed E-state index contributed by atoms with van der Waals surface area (Å²) in [5.41, 5.74) is 10.7. The van der Waals surface area contributed by atoms with Crippen LogP contribution in [0.5, 0.6) is 0 Å². The number of aromatic nitrogens is 2. The molecule has 0 saturated carbocycles. The summed E-state index contributed by atoms with van der Waals surface area (Å²) in [7, 11) is 0. The molecule has 1 unspecified atom stereocenters. The van der Waals surface area contributed by atoms with Gasteiger partial charge in [-0.15, -0.1) is 12.4 Å². The molecule has 3 rings (SSSR count). The van der Waals surface area contributed by atoms with Crippen molar-refractivity contribution in [3.05, 3.63) is 95.6 Å². The van der Waals surface area contributed by atoms with Gasteiger partial charge < -0.3 is 11.1 Å². The Morgan fingerprint density at radius 2 is 1.48 bits per heavy atom. The van der Waals surface area contributed by atoms with Crippen molar-refractivity contribution in [3.63, 3.8) is 0 Å². The summed E-state index contributed by atoms with van der Waals surface area (Å²) in [5.74, 6) is 0. The highest BCUT2D eigenvalue weighted by molar-refractivity contribution is 5.85. The zero-order chi connectivity index (χ0) is 16.6. The van der Waals surface area contributed by atoms with Gasteiger partial charge >= 0.3 is 0 Å². The van der Waals surface area contributed by atoms with Crippen LogP contribution in [0.3, 0.4) is 0 Å². The zero-order valence-corrected chi connectivity index (χ0v) is 14.8. The maximum atomic E-state index is 6.23. The molecule has 2 aromatic heterocycles. The van der Waals surface area contributed by atoms with Crippen LogP contribution in [0.25, 0.3) is 0 Å². The van der Waals surface area contributed by atoms with E-state index in [1.807, 2.05) is 42.6 Å². The molecule has 0 spiro atoms. The highest BCUT2D eigenvalue weighted by atomic mass is 35.5. The van der Waals surface area contributed by atoms with E-state index in [-0.39, 0.29) is 18.4 Å². The van der Waals surface area contributed by atoms with Crippen LogP contribution in [-0.4, -0.2) is 9.97 Å². The third-order valence-electron chi connectivity index (χ3n) is 3.91. The standard InChI is InChI=1S/C20H22N4.ClH/c21-19(20-6-2-4-12-24-20)13-16-7-9-17(10-8-16)14-22-15-18-5-1-3-11-23-18;/h1-12,19,22H,13-15,21H2;1H. The molecule has 0 aliphatic heterocycles. The molecule has 1 atom stereocenters. The summed E-state index contributed by atoms with van der Waals surface area (Å²) in [5, 5.41) is 3.41. The van der Waals surface area contributed by atoms with E-state index in [4.69, 9.17) is 5.73 Å². The third-order valence-corrected chi connectivity index (χ3v) is 3.91. The summed E-state index contributed by atoms with van der Waals surface area (Å²) in [6.07, 6.45) is 4.39. The molecule has 0 bridgehead atoms. The van der Waals surface area contributed by atoms with Gasteiger partial charge in [0.2, 0.25) is 0 Å². The van der Waals surface area contributed by atoms with Gasteiger partial charge in [-0.1, -0.05) is 36.4 Å². The average molecular weight is 355 g/mol. The number of rotatable bonds is 7. The second kappa shape index (κ2) is 9.89. The van der Waals surface area contributed by atoms with Crippen molar-refractivity contribution >= 4 is 12.4 Å². The van der Waals surface area contributed by atoms with Crippen molar-refractivity contribution in [2.45, 2.75) is 25.6 Å². The smallest absolute Gasteiger partial charge is 0.0574 e. The predicted octanol–water partition coefficient (Wildman–Crippen LogP) is 3.43. The second-order valence-electron chi connectivity index (χ2n) is 5.81. The molecular weight excluding hydrogens is 332 g/mol. The number of benzene rings is 1. The molecule has 0 aliphatic rings. The van der Waals surface area contributed by atoms with Crippen LogP contribution in [0.1, 0.15) is 28.6 Å². The molecule has 130 valence electrons. The predicted molar refractivity (Wildman–Crippen MR) is 103 cm³/mol. The number of nitrogens with two attached hydrogens (primary N) is 1. The van der Waals surface area contributed by atoms with Crippen molar-refractivity contribution in [1.82, 2.24) is 15.3 Å². The normalized spacial score (nSPS) is 11.6. The fourth-order valence-electron chi connectivity index (χ4n) is 2.58. The van der Waals surface area contributed by atoms with Gasteiger partial charge in [-0.2, -0.15) is 0 Å². The van der Waals surface area contributed by atoms with E-state index in [1.54, 1.807) is 6.20 Å².